The van der Waals surface area contributed by atoms with Crippen molar-refractivity contribution in [2.24, 2.45) is 5.92 Å². The number of nitrogens with two attached hydrogens (primary N) is 1. The number of thiophene rings is 1. The van der Waals surface area contributed by atoms with Gasteiger partial charge in [0.1, 0.15) is 34.8 Å². The fourth-order valence-electron chi connectivity index (χ4n) is 8.09. The van der Waals surface area contributed by atoms with Gasteiger partial charge in [-0.2, -0.15) is 28.4 Å². The highest BCUT2D eigenvalue weighted by atomic mass is 32.1. The number of hydrogen-bond acceptors (Lipinski definition) is 9. The SMILES string of the molecule is C=CC(=O)N1CCN(c2nc(OCC34CCCN3CC(C)C4)nc3c(F)c(-c4ccc(F)c5sc(N)c(C#N)c45)c(C(F)(F)F)cc23)C(C)C1. The Hall–Kier alpha value is -4.55. The van der Waals surface area contributed by atoms with E-state index in [-0.39, 0.29) is 81.1 Å². The summed E-state index contributed by atoms with van der Waals surface area (Å²) in [4.78, 5) is 27.1. The Kier molecular flexibility index (Phi) is 8.38. The normalized spacial score (nSPS) is 22.7. The first-order valence-electron chi connectivity index (χ1n) is 16.3. The molecular weight excluding hydrogens is 677 g/mol. The molecule has 2 aromatic carbocycles. The molecule has 0 radical (unpaired) electrons. The standard InChI is InChI=1S/C35H34F5N7O2S/c1-4-25(48)45-10-11-47(19(3)16-45)32-21-12-23(35(38,39)40)27(20-6-7-24(36)30-26(20)22(14-41)31(42)50-30)28(37)29(21)43-33(44-32)49-17-34-8-5-9-46(34)15-18(2)13-34/h4,6-7,12,18-19H,1,5,8-11,13,15-17,42H2,2-3H3. The van der Waals surface area contributed by atoms with Gasteiger partial charge in [-0.25, -0.2) is 8.78 Å². The first-order chi connectivity index (χ1) is 23.8. The molecule has 1 amide bonds. The van der Waals surface area contributed by atoms with Crippen LogP contribution >= 0.6 is 11.3 Å². The Balaban J connectivity index is 1.45. The highest BCUT2D eigenvalue weighted by Crippen LogP contribution is 2.48. The van der Waals surface area contributed by atoms with Crippen LogP contribution in [0.3, 0.4) is 0 Å². The largest absolute Gasteiger partial charge is 0.461 e. The highest BCUT2D eigenvalue weighted by Gasteiger charge is 2.48. The van der Waals surface area contributed by atoms with Crippen LogP contribution in [0.5, 0.6) is 6.01 Å². The summed E-state index contributed by atoms with van der Waals surface area (Å²) in [6.45, 7) is 10.2. The number of ether oxygens (including phenoxy) is 1. The van der Waals surface area contributed by atoms with Gasteiger partial charge in [0.2, 0.25) is 5.91 Å². The number of aromatic nitrogens is 2. The Labute approximate surface area is 288 Å². The summed E-state index contributed by atoms with van der Waals surface area (Å²) in [5.74, 6) is -1.94. The minimum Gasteiger partial charge on any atom is -0.461 e. The van der Waals surface area contributed by atoms with Crippen LogP contribution in [0.4, 0.5) is 32.8 Å². The summed E-state index contributed by atoms with van der Waals surface area (Å²) >= 11 is 0.701. The lowest BCUT2D eigenvalue weighted by molar-refractivity contribution is -0.137. The molecule has 3 atom stereocenters. The zero-order chi connectivity index (χ0) is 35.7. The molecule has 15 heteroatoms. The predicted octanol–water partition coefficient (Wildman–Crippen LogP) is 6.74. The molecule has 0 spiro atoms. The van der Waals surface area contributed by atoms with Gasteiger partial charge in [-0.1, -0.05) is 19.6 Å². The zero-order valence-electron chi connectivity index (χ0n) is 27.4. The molecule has 0 saturated carbocycles. The van der Waals surface area contributed by atoms with E-state index >= 15 is 17.6 Å². The van der Waals surface area contributed by atoms with E-state index in [2.05, 4.69) is 28.4 Å². The number of fused-ring (bicyclic) bond motifs is 3. The fourth-order valence-corrected chi connectivity index (χ4v) is 9.04. The van der Waals surface area contributed by atoms with E-state index in [0.29, 0.717) is 17.3 Å². The van der Waals surface area contributed by atoms with Crippen LogP contribution in [-0.4, -0.2) is 76.6 Å². The molecule has 9 nitrogen and oxygen atoms in total. The van der Waals surface area contributed by atoms with Gasteiger partial charge in [-0.3, -0.25) is 9.69 Å². The number of carbonyl (C=O) groups excluding carboxylic acids is 1. The van der Waals surface area contributed by atoms with Crippen LogP contribution in [0.15, 0.2) is 30.9 Å². The minimum atomic E-state index is -5.09. The number of nitrogen functional groups attached to an aromatic ring is 1. The van der Waals surface area contributed by atoms with Crippen LogP contribution in [0.25, 0.3) is 32.1 Å². The molecule has 3 unspecified atom stereocenters. The number of piperazine rings is 1. The van der Waals surface area contributed by atoms with Crippen molar-refractivity contribution in [1.82, 2.24) is 19.8 Å². The van der Waals surface area contributed by atoms with E-state index in [0.717, 1.165) is 50.6 Å². The lowest BCUT2D eigenvalue weighted by Crippen LogP contribution is -2.53. The number of carbonyl (C=O) groups is 1. The second kappa shape index (κ2) is 12.3. The Bertz CT molecular complexity index is 2100. The van der Waals surface area contributed by atoms with E-state index in [9.17, 15) is 14.4 Å². The van der Waals surface area contributed by atoms with Gasteiger partial charge in [0.15, 0.2) is 5.82 Å². The quantitative estimate of drug-likeness (QED) is 0.173. The first kappa shape index (κ1) is 33.9. The maximum absolute atomic E-state index is 17.1. The molecule has 2 aromatic heterocycles. The van der Waals surface area contributed by atoms with Crippen molar-refractivity contribution in [3.63, 3.8) is 0 Å². The molecule has 50 heavy (non-hydrogen) atoms. The molecule has 2 N–H and O–H groups in total. The van der Waals surface area contributed by atoms with Crippen molar-refractivity contribution < 1.29 is 31.5 Å². The van der Waals surface area contributed by atoms with Crippen LogP contribution in [0.1, 0.15) is 44.2 Å². The first-order valence-corrected chi connectivity index (χ1v) is 17.2. The van der Waals surface area contributed by atoms with Crippen molar-refractivity contribution in [2.75, 3.05) is 50.0 Å². The van der Waals surface area contributed by atoms with Crippen molar-refractivity contribution in [3.8, 4) is 23.2 Å². The van der Waals surface area contributed by atoms with Crippen LogP contribution in [0.2, 0.25) is 0 Å². The topological polar surface area (TPSA) is 112 Å². The average molecular weight is 712 g/mol. The molecule has 262 valence electrons. The van der Waals surface area contributed by atoms with Crippen LogP contribution in [-0.2, 0) is 11.0 Å². The summed E-state index contributed by atoms with van der Waals surface area (Å²) in [6.07, 6.45) is -1.11. The summed E-state index contributed by atoms with van der Waals surface area (Å²) in [6, 6.07) is 3.97. The van der Waals surface area contributed by atoms with Gasteiger partial charge >= 0.3 is 12.2 Å². The number of alkyl halides is 3. The monoisotopic (exact) mass is 711 g/mol. The lowest BCUT2D eigenvalue weighted by Gasteiger charge is -2.40. The number of nitriles is 1. The maximum Gasteiger partial charge on any atom is 0.417 e. The van der Waals surface area contributed by atoms with E-state index in [4.69, 9.17) is 10.5 Å². The van der Waals surface area contributed by atoms with Gasteiger partial charge in [-0.15, -0.1) is 11.3 Å². The highest BCUT2D eigenvalue weighted by molar-refractivity contribution is 7.23. The summed E-state index contributed by atoms with van der Waals surface area (Å²) in [5.41, 5.74) is 2.47. The summed E-state index contributed by atoms with van der Waals surface area (Å²) < 4.78 is 83.1. The molecule has 5 heterocycles. The van der Waals surface area contributed by atoms with E-state index < -0.39 is 40.5 Å². The second-order valence-corrected chi connectivity index (χ2v) is 14.5. The molecule has 3 saturated heterocycles. The maximum atomic E-state index is 17.1. The number of benzene rings is 2. The van der Waals surface area contributed by atoms with Crippen molar-refractivity contribution in [3.05, 3.63) is 53.6 Å². The van der Waals surface area contributed by atoms with Gasteiger partial charge < -0.3 is 20.3 Å². The third kappa shape index (κ3) is 5.49. The number of anilines is 2. The smallest absolute Gasteiger partial charge is 0.417 e. The fraction of sp³-hybridized carbons (Fsp3) is 0.429. The van der Waals surface area contributed by atoms with Gasteiger partial charge in [-0.05, 0) is 62.4 Å². The van der Waals surface area contributed by atoms with Crippen LogP contribution < -0.4 is 15.4 Å². The molecule has 3 fully saturated rings. The number of rotatable bonds is 6. The zero-order valence-corrected chi connectivity index (χ0v) is 28.2. The average Bonchev–Trinajstić information content (AvgIpc) is 3.72. The second-order valence-electron chi connectivity index (χ2n) is 13.5. The van der Waals surface area contributed by atoms with Crippen molar-refractivity contribution in [1.29, 1.82) is 5.26 Å². The Morgan fingerprint density at radius 3 is 2.70 bits per heavy atom. The lowest BCUT2D eigenvalue weighted by atomic mass is 9.91. The van der Waals surface area contributed by atoms with Gasteiger partial charge in [0.05, 0.1) is 21.4 Å². The Morgan fingerprint density at radius 2 is 2.00 bits per heavy atom. The number of amides is 1. The number of nitrogens with zero attached hydrogens (tertiary/aromatic N) is 6. The molecular formula is C35H34F5N7O2S. The third-order valence-electron chi connectivity index (χ3n) is 10.3. The van der Waals surface area contributed by atoms with Crippen LogP contribution in [0, 0.1) is 28.9 Å². The van der Waals surface area contributed by atoms with Gasteiger partial charge in [0, 0.05) is 48.6 Å². The van der Waals surface area contributed by atoms with Crippen molar-refractivity contribution in [2.45, 2.75) is 50.9 Å². The van der Waals surface area contributed by atoms with Gasteiger partial charge in [0.25, 0.3) is 0 Å². The molecule has 7 rings (SSSR count). The summed E-state index contributed by atoms with van der Waals surface area (Å²) in [5, 5.41) is 9.32. The van der Waals surface area contributed by atoms with E-state index in [1.54, 1.807) is 16.7 Å². The van der Waals surface area contributed by atoms with Crippen molar-refractivity contribution >= 4 is 49.1 Å². The molecule has 0 bridgehead atoms. The van der Waals surface area contributed by atoms with E-state index in [1.807, 2.05) is 6.07 Å². The summed E-state index contributed by atoms with van der Waals surface area (Å²) in [7, 11) is 0. The van der Waals surface area contributed by atoms with E-state index in [1.165, 1.54) is 6.08 Å². The molecule has 3 aliphatic rings. The Morgan fingerprint density at radius 1 is 1.22 bits per heavy atom. The number of halogens is 5. The molecule has 4 aromatic rings. The number of hydrogen-bond donors (Lipinski definition) is 1. The molecule has 0 aliphatic carbocycles. The minimum absolute atomic E-state index is 0.0291. The predicted molar refractivity (Wildman–Crippen MR) is 181 cm³/mol. The molecule has 3 aliphatic heterocycles. The third-order valence-corrected chi connectivity index (χ3v) is 11.3.